The summed E-state index contributed by atoms with van der Waals surface area (Å²) in [7, 11) is -2.20. The lowest BCUT2D eigenvalue weighted by molar-refractivity contribution is -0.162. The molecule has 1 aliphatic carbocycles. The third-order valence-corrected chi connectivity index (χ3v) is 6.79. The second-order valence-corrected chi connectivity index (χ2v) is 10.2. The Hall–Kier alpha value is -2.04. The van der Waals surface area contributed by atoms with Crippen molar-refractivity contribution in [3.8, 4) is 17.6 Å². The second kappa shape index (κ2) is 9.64. The molecule has 160 valence electrons. The van der Waals surface area contributed by atoms with Gasteiger partial charge < -0.3 is 9.47 Å². The number of esters is 1. The fourth-order valence-electron chi connectivity index (χ4n) is 3.44. The summed E-state index contributed by atoms with van der Waals surface area (Å²) in [5.41, 5.74) is -0.603. The van der Waals surface area contributed by atoms with Crippen molar-refractivity contribution < 1.29 is 22.7 Å². The van der Waals surface area contributed by atoms with E-state index in [1.165, 1.54) is 16.4 Å². The fraction of sp³-hybridized carbons (Fsp3) is 0.591. The van der Waals surface area contributed by atoms with Gasteiger partial charge in [0.2, 0.25) is 10.0 Å². The largest absolute Gasteiger partial charge is 0.481 e. The topological polar surface area (TPSA) is 72.9 Å². The Morgan fingerprint density at radius 1 is 1.17 bits per heavy atom. The molecule has 0 spiro atoms. The van der Waals surface area contributed by atoms with Gasteiger partial charge in [-0.2, -0.15) is 4.31 Å². The lowest BCUT2D eigenvalue weighted by Gasteiger charge is -2.37. The summed E-state index contributed by atoms with van der Waals surface area (Å²) in [6, 6.07) is 5.85. The van der Waals surface area contributed by atoms with Gasteiger partial charge in [0.05, 0.1) is 10.8 Å². The number of carbonyl (C=O) groups is 1. The van der Waals surface area contributed by atoms with Crippen LogP contribution in [0.1, 0.15) is 53.4 Å². The van der Waals surface area contributed by atoms with E-state index in [0.29, 0.717) is 18.6 Å². The third kappa shape index (κ3) is 6.22. The van der Waals surface area contributed by atoms with Gasteiger partial charge in [0.15, 0.2) is 0 Å². The first-order valence-corrected chi connectivity index (χ1v) is 11.3. The van der Waals surface area contributed by atoms with E-state index in [2.05, 4.69) is 11.8 Å². The van der Waals surface area contributed by atoms with Crippen molar-refractivity contribution in [3.63, 3.8) is 0 Å². The van der Waals surface area contributed by atoms with Crippen molar-refractivity contribution in [3.05, 3.63) is 24.3 Å². The predicted molar refractivity (Wildman–Crippen MR) is 112 cm³/mol. The minimum atomic E-state index is -3.75. The number of benzene rings is 1. The highest BCUT2D eigenvalue weighted by Crippen LogP contribution is 2.33. The number of hydrogen-bond acceptors (Lipinski definition) is 5. The lowest BCUT2D eigenvalue weighted by Crippen LogP contribution is -2.47. The molecule has 0 bridgehead atoms. The van der Waals surface area contributed by atoms with Crippen LogP contribution in [-0.2, 0) is 19.6 Å². The molecule has 0 heterocycles. The summed E-state index contributed by atoms with van der Waals surface area (Å²) >= 11 is 0. The van der Waals surface area contributed by atoms with E-state index in [1.54, 1.807) is 26.1 Å². The molecule has 1 saturated carbocycles. The summed E-state index contributed by atoms with van der Waals surface area (Å²) in [6.45, 7) is 7.43. The number of sulfonamides is 1. The number of hydrogen-bond donors (Lipinski definition) is 0. The van der Waals surface area contributed by atoms with E-state index in [0.717, 1.165) is 12.8 Å². The molecule has 0 unspecified atom stereocenters. The zero-order valence-electron chi connectivity index (χ0n) is 17.9. The van der Waals surface area contributed by atoms with Crippen LogP contribution in [0.25, 0.3) is 0 Å². The van der Waals surface area contributed by atoms with Crippen LogP contribution in [0.2, 0.25) is 0 Å². The maximum Gasteiger partial charge on any atom is 0.311 e. The molecule has 6 nitrogen and oxygen atoms in total. The summed E-state index contributed by atoms with van der Waals surface area (Å²) in [5.74, 6) is 5.29. The molecule has 1 aromatic carbocycles. The fourth-order valence-corrected chi connectivity index (χ4v) is 4.86. The van der Waals surface area contributed by atoms with Crippen molar-refractivity contribution in [1.29, 1.82) is 0 Å². The molecule has 7 heteroatoms. The molecular formula is C22H31NO5S. The van der Waals surface area contributed by atoms with Gasteiger partial charge >= 0.3 is 5.97 Å². The van der Waals surface area contributed by atoms with Crippen LogP contribution in [0.4, 0.5) is 0 Å². The summed E-state index contributed by atoms with van der Waals surface area (Å²) < 4.78 is 38.7. The van der Waals surface area contributed by atoms with Gasteiger partial charge in [-0.25, -0.2) is 8.42 Å². The van der Waals surface area contributed by atoms with E-state index < -0.39 is 27.6 Å². The monoisotopic (exact) mass is 421 g/mol. The van der Waals surface area contributed by atoms with Crippen LogP contribution in [0.3, 0.4) is 0 Å². The first kappa shape index (κ1) is 23.2. The van der Waals surface area contributed by atoms with Crippen molar-refractivity contribution in [2.75, 3.05) is 13.7 Å². The molecule has 1 fully saturated rings. The third-order valence-electron chi connectivity index (χ3n) is 4.89. The molecule has 0 amide bonds. The van der Waals surface area contributed by atoms with Gasteiger partial charge in [-0.1, -0.05) is 18.8 Å². The van der Waals surface area contributed by atoms with Crippen LogP contribution in [-0.4, -0.2) is 44.0 Å². The maximum atomic E-state index is 13.2. The smallest absolute Gasteiger partial charge is 0.311 e. The van der Waals surface area contributed by atoms with Crippen LogP contribution in [0, 0.1) is 17.8 Å². The van der Waals surface area contributed by atoms with Gasteiger partial charge in [-0.15, -0.1) is 5.92 Å². The standard InChI is InChI=1S/C22H31NO5S/c1-6-7-16-27-17-12-14-18(15-13-17)29(25,26)23(5)20-11-9-8-10-19(20)21(24)28-22(2,3)4/h12-15,19-20H,8-11,16H2,1-5H3/t19-,20+/m1/s1. The van der Waals surface area contributed by atoms with E-state index in [1.807, 2.05) is 20.8 Å². The molecule has 2 atom stereocenters. The Labute approximate surface area is 174 Å². The van der Waals surface area contributed by atoms with Gasteiger partial charge in [0.1, 0.15) is 18.0 Å². The Kier molecular flexibility index (Phi) is 7.73. The number of rotatable bonds is 6. The molecule has 29 heavy (non-hydrogen) atoms. The highest BCUT2D eigenvalue weighted by molar-refractivity contribution is 7.89. The Bertz CT molecular complexity index is 859. The predicted octanol–water partition coefficient (Wildman–Crippen LogP) is 3.61. The van der Waals surface area contributed by atoms with E-state index >= 15 is 0 Å². The Morgan fingerprint density at radius 2 is 1.79 bits per heavy atom. The SMILES string of the molecule is CC#CCOc1ccc(S(=O)(=O)N(C)[C@H]2CCCC[C@H]2C(=O)OC(C)(C)C)cc1. The first-order valence-electron chi connectivity index (χ1n) is 9.89. The summed E-state index contributed by atoms with van der Waals surface area (Å²) in [6.07, 6.45) is 3.04. The van der Waals surface area contributed by atoms with E-state index in [9.17, 15) is 13.2 Å². The van der Waals surface area contributed by atoms with Crippen LogP contribution in [0.15, 0.2) is 29.2 Å². The minimum Gasteiger partial charge on any atom is -0.481 e. The van der Waals surface area contributed by atoms with E-state index in [4.69, 9.17) is 9.47 Å². The van der Waals surface area contributed by atoms with Crippen LogP contribution in [0.5, 0.6) is 5.75 Å². The van der Waals surface area contributed by atoms with Crippen molar-refractivity contribution in [2.45, 2.75) is 69.9 Å². The molecule has 0 saturated heterocycles. The highest BCUT2D eigenvalue weighted by Gasteiger charge is 2.40. The highest BCUT2D eigenvalue weighted by atomic mass is 32.2. The Morgan fingerprint density at radius 3 is 2.38 bits per heavy atom. The van der Waals surface area contributed by atoms with Gasteiger partial charge in [0.25, 0.3) is 0 Å². The van der Waals surface area contributed by atoms with Crippen molar-refractivity contribution in [2.24, 2.45) is 5.92 Å². The number of carbonyl (C=O) groups excluding carboxylic acids is 1. The van der Waals surface area contributed by atoms with Crippen molar-refractivity contribution in [1.82, 2.24) is 4.31 Å². The average molecular weight is 422 g/mol. The minimum absolute atomic E-state index is 0.169. The van der Waals surface area contributed by atoms with Gasteiger partial charge in [0, 0.05) is 13.1 Å². The molecule has 1 aromatic rings. The van der Waals surface area contributed by atoms with Crippen molar-refractivity contribution >= 4 is 16.0 Å². The Balaban J connectivity index is 2.19. The molecule has 0 radical (unpaired) electrons. The average Bonchev–Trinajstić information content (AvgIpc) is 2.66. The molecule has 0 aliphatic heterocycles. The summed E-state index contributed by atoms with van der Waals surface area (Å²) in [5, 5.41) is 0. The lowest BCUT2D eigenvalue weighted by atomic mass is 9.84. The second-order valence-electron chi connectivity index (χ2n) is 8.20. The number of ether oxygens (including phenoxy) is 2. The summed E-state index contributed by atoms with van der Waals surface area (Å²) in [4.78, 5) is 12.9. The van der Waals surface area contributed by atoms with Crippen LogP contribution >= 0.6 is 0 Å². The molecule has 0 N–H and O–H groups in total. The van der Waals surface area contributed by atoms with E-state index in [-0.39, 0.29) is 17.5 Å². The van der Waals surface area contributed by atoms with Gasteiger partial charge in [-0.3, -0.25) is 4.79 Å². The molecule has 0 aromatic heterocycles. The van der Waals surface area contributed by atoms with Gasteiger partial charge in [-0.05, 0) is 64.8 Å². The zero-order valence-corrected chi connectivity index (χ0v) is 18.7. The molecule has 2 rings (SSSR count). The maximum absolute atomic E-state index is 13.2. The molecular weight excluding hydrogens is 390 g/mol. The first-order chi connectivity index (χ1) is 13.6. The zero-order chi connectivity index (χ0) is 21.7. The molecule has 1 aliphatic rings. The quantitative estimate of drug-likeness (QED) is 0.518. The normalized spacial score (nSPS) is 19.9. The number of nitrogens with zero attached hydrogens (tertiary/aromatic N) is 1. The van der Waals surface area contributed by atoms with Crippen LogP contribution < -0.4 is 4.74 Å².